The summed E-state index contributed by atoms with van der Waals surface area (Å²) in [4.78, 5) is 13.1. The van der Waals surface area contributed by atoms with Gasteiger partial charge in [0, 0.05) is 50.4 Å². The number of nitrogens with one attached hydrogen (secondary N) is 1. The fourth-order valence-corrected chi connectivity index (χ4v) is 5.30. The molecule has 0 radical (unpaired) electrons. The van der Waals surface area contributed by atoms with Gasteiger partial charge in [0.1, 0.15) is 11.5 Å². The van der Waals surface area contributed by atoms with Gasteiger partial charge in [0.05, 0.1) is 44.3 Å². The first-order chi connectivity index (χ1) is 18.5. The van der Waals surface area contributed by atoms with Gasteiger partial charge in [0.2, 0.25) is 0 Å². The predicted octanol–water partition coefficient (Wildman–Crippen LogP) is 5.48. The Balaban J connectivity index is 2.70. The van der Waals surface area contributed by atoms with E-state index < -0.39 is 12.2 Å². The van der Waals surface area contributed by atoms with Gasteiger partial charge in [-0.05, 0) is 37.8 Å². The van der Waals surface area contributed by atoms with Crippen LogP contribution in [0.25, 0.3) is 0 Å². The van der Waals surface area contributed by atoms with E-state index in [2.05, 4.69) is 19.2 Å². The van der Waals surface area contributed by atoms with E-state index in [1.54, 1.807) is 60.7 Å². The minimum absolute atomic E-state index is 0.0250. The Morgan fingerprint density at radius 2 is 1.62 bits per heavy atom. The molecule has 0 saturated carbocycles. The lowest BCUT2D eigenvalue weighted by atomic mass is 9.86. The molecule has 2 N–H and O–H groups in total. The molecule has 7 atom stereocenters. The van der Waals surface area contributed by atoms with Gasteiger partial charge < -0.3 is 34.1 Å². The molecule has 1 unspecified atom stereocenters. The number of benzene rings is 1. The van der Waals surface area contributed by atoms with Crippen LogP contribution in [0.2, 0.25) is 0 Å². The molecular weight excluding hydrogens is 498 g/mol. The van der Waals surface area contributed by atoms with Crippen molar-refractivity contribution >= 4 is 11.6 Å². The Morgan fingerprint density at radius 3 is 2.18 bits per heavy atom. The second-order valence-corrected chi connectivity index (χ2v) is 10.4. The number of hydrogen-bond acceptors (Lipinski definition) is 7. The molecule has 39 heavy (non-hydrogen) atoms. The molecule has 1 aliphatic heterocycles. The summed E-state index contributed by atoms with van der Waals surface area (Å²) in [6.45, 7) is 9.75. The van der Waals surface area contributed by atoms with Crippen LogP contribution in [0, 0.1) is 17.8 Å². The number of hydrogen-bond donors (Lipinski definition) is 2. The molecule has 0 aromatic heterocycles. The Morgan fingerprint density at radius 1 is 0.923 bits per heavy atom. The fraction of sp³-hybridized carbons (Fsp3) is 0.581. The number of carbonyl (C=O) groups is 1. The summed E-state index contributed by atoms with van der Waals surface area (Å²) in [7, 11) is 8.17. The molecule has 2 bridgehead atoms. The van der Waals surface area contributed by atoms with Crippen LogP contribution >= 0.6 is 0 Å². The smallest absolute Gasteiger partial charge is 0.251 e. The van der Waals surface area contributed by atoms with Gasteiger partial charge in [-0.25, -0.2) is 0 Å². The maximum Gasteiger partial charge on any atom is 0.251 e. The normalized spacial score (nSPS) is 32.8. The molecule has 0 aliphatic carbocycles. The first kappa shape index (κ1) is 32.6. The van der Waals surface area contributed by atoms with Gasteiger partial charge in [-0.15, -0.1) is 0 Å². The van der Waals surface area contributed by atoms with Crippen molar-refractivity contribution in [2.24, 2.45) is 17.8 Å². The molecule has 0 fully saturated rings. The van der Waals surface area contributed by atoms with Gasteiger partial charge >= 0.3 is 0 Å². The average molecular weight is 546 g/mol. The highest BCUT2D eigenvalue weighted by atomic mass is 16.5. The van der Waals surface area contributed by atoms with E-state index in [-0.39, 0.29) is 35.9 Å². The van der Waals surface area contributed by atoms with Crippen LogP contribution in [0.4, 0.5) is 5.69 Å². The zero-order valence-electron chi connectivity index (χ0n) is 25.1. The molecule has 1 amide bonds. The van der Waals surface area contributed by atoms with Crippen molar-refractivity contribution in [3.8, 4) is 11.5 Å². The van der Waals surface area contributed by atoms with E-state index in [9.17, 15) is 9.90 Å². The molecule has 1 aromatic carbocycles. The lowest BCUT2D eigenvalue weighted by molar-refractivity contribution is -0.112. The highest BCUT2D eigenvalue weighted by molar-refractivity contribution is 6.04. The van der Waals surface area contributed by atoms with Gasteiger partial charge in [-0.1, -0.05) is 45.1 Å². The summed E-state index contributed by atoms with van der Waals surface area (Å²) < 4.78 is 29.3. The number of allylic oxidation sites excluding steroid dienone is 2. The number of anilines is 1. The standard InChI is InChI=1S/C31H47NO7/c1-18-12-11-13-19(2)31(34)32-25-17-23(35-6)16-24(30(25)39-10)28(37-8)22(5)15-26(36-7)29(38-9)21(4)14-20(3)27(18)33/h11-14,16-18,21-22,26-29,33H,15H2,1-10H3,(H,32,34)/b12-11-,19-13+,20-14+/t18-,21-,22-,26-,27+,28+,29?/m0/s1. The van der Waals surface area contributed by atoms with Crippen molar-refractivity contribution in [2.45, 2.75) is 65.5 Å². The lowest BCUT2D eigenvalue weighted by Crippen LogP contribution is -2.37. The molecule has 1 heterocycles. The van der Waals surface area contributed by atoms with E-state index >= 15 is 0 Å². The minimum atomic E-state index is -0.679. The Labute approximate surface area is 234 Å². The summed E-state index contributed by atoms with van der Waals surface area (Å²) in [5.41, 5.74) is 2.59. The predicted molar refractivity (Wildman–Crippen MR) is 154 cm³/mol. The first-order valence-corrected chi connectivity index (χ1v) is 13.4. The summed E-state index contributed by atoms with van der Waals surface area (Å²) in [6, 6.07) is 3.61. The molecule has 218 valence electrons. The highest BCUT2D eigenvalue weighted by Crippen LogP contribution is 2.42. The molecule has 8 heteroatoms. The second kappa shape index (κ2) is 15.2. The van der Waals surface area contributed by atoms with Gasteiger partial charge in [-0.3, -0.25) is 4.79 Å². The number of aliphatic hydroxyl groups is 1. The van der Waals surface area contributed by atoms with Crippen LogP contribution < -0.4 is 14.8 Å². The number of aliphatic hydroxyl groups excluding tert-OH is 1. The number of methoxy groups -OCH3 is 5. The number of fused-ring (bicyclic) bond motifs is 2. The van der Waals surface area contributed by atoms with Crippen molar-refractivity contribution in [3.05, 3.63) is 53.1 Å². The third-order valence-corrected chi connectivity index (χ3v) is 7.53. The van der Waals surface area contributed by atoms with Crippen LogP contribution in [0.1, 0.15) is 52.7 Å². The van der Waals surface area contributed by atoms with E-state index in [4.69, 9.17) is 23.7 Å². The molecule has 8 nitrogen and oxygen atoms in total. The zero-order valence-corrected chi connectivity index (χ0v) is 25.1. The lowest BCUT2D eigenvalue weighted by Gasteiger charge is -2.33. The molecular formula is C31H47NO7. The number of carbonyl (C=O) groups excluding carboxylic acids is 1. The molecule has 1 aliphatic rings. The van der Waals surface area contributed by atoms with Crippen LogP contribution in [-0.4, -0.2) is 64.9 Å². The third kappa shape index (κ3) is 8.18. The Hall–Kier alpha value is -2.65. The van der Waals surface area contributed by atoms with E-state index in [1.165, 1.54) is 0 Å². The van der Waals surface area contributed by atoms with Crippen molar-refractivity contribution < 1.29 is 33.6 Å². The SMILES string of the molecule is COc1cc2c(OC)c(c1)[C@H](OC)[C@@H](C)C[C@H](OC)C(OC)[C@@H](C)/C=C(\C)[C@H](O)[C@@H](C)/C=C\C=C(/C)C(=O)N2. The van der Waals surface area contributed by atoms with Crippen LogP contribution in [-0.2, 0) is 19.0 Å². The quantitative estimate of drug-likeness (QED) is 0.473. The monoisotopic (exact) mass is 545 g/mol. The van der Waals surface area contributed by atoms with Crippen molar-refractivity contribution in [1.29, 1.82) is 0 Å². The summed E-state index contributed by atoms with van der Waals surface area (Å²) >= 11 is 0. The largest absolute Gasteiger partial charge is 0.497 e. The van der Waals surface area contributed by atoms with Crippen LogP contribution in [0.5, 0.6) is 11.5 Å². The molecule has 1 aromatic rings. The van der Waals surface area contributed by atoms with Gasteiger partial charge in [0.15, 0.2) is 0 Å². The maximum absolute atomic E-state index is 13.1. The third-order valence-electron chi connectivity index (χ3n) is 7.53. The van der Waals surface area contributed by atoms with Crippen molar-refractivity contribution in [1.82, 2.24) is 0 Å². The fourth-order valence-electron chi connectivity index (χ4n) is 5.30. The summed E-state index contributed by atoms with van der Waals surface area (Å²) in [6.07, 6.45) is 6.51. The van der Waals surface area contributed by atoms with Crippen molar-refractivity contribution in [3.63, 3.8) is 0 Å². The van der Waals surface area contributed by atoms with Gasteiger partial charge in [0.25, 0.3) is 5.91 Å². The van der Waals surface area contributed by atoms with Crippen LogP contribution in [0.15, 0.2) is 47.6 Å². The van der Waals surface area contributed by atoms with Gasteiger partial charge in [-0.2, -0.15) is 0 Å². The van der Waals surface area contributed by atoms with E-state index in [0.717, 1.165) is 11.1 Å². The minimum Gasteiger partial charge on any atom is -0.497 e. The van der Waals surface area contributed by atoms with E-state index in [0.29, 0.717) is 29.2 Å². The number of ether oxygens (including phenoxy) is 5. The summed E-state index contributed by atoms with van der Waals surface area (Å²) in [5.74, 6) is 0.576. The molecule has 0 spiro atoms. The second-order valence-electron chi connectivity index (χ2n) is 10.4. The first-order valence-electron chi connectivity index (χ1n) is 13.4. The highest BCUT2D eigenvalue weighted by Gasteiger charge is 2.33. The topological polar surface area (TPSA) is 95.5 Å². The Bertz CT molecular complexity index is 1050. The zero-order chi connectivity index (χ0) is 29.3. The number of amides is 1. The molecule has 0 saturated heterocycles. The molecule has 2 rings (SSSR count). The van der Waals surface area contributed by atoms with Crippen molar-refractivity contribution in [2.75, 3.05) is 40.9 Å². The summed E-state index contributed by atoms with van der Waals surface area (Å²) in [5, 5.41) is 13.9. The Kier molecular flexibility index (Phi) is 12.7. The average Bonchev–Trinajstić information content (AvgIpc) is 2.91. The maximum atomic E-state index is 13.1. The van der Waals surface area contributed by atoms with Crippen LogP contribution in [0.3, 0.4) is 0 Å². The van der Waals surface area contributed by atoms with E-state index in [1.807, 2.05) is 32.1 Å². The number of rotatable bonds is 5.